The van der Waals surface area contributed by atoms with Gasteiger partial charge in [-0.05, 0) is 36.8 Å². The normalized spacial score (nSPS) is 10.3. The molecule has 7 heteroatoms. The van der Waals surface area contributed by atoms with Crippen molar-refractivity contribution in [1.82, 2.24) is 25.6 Å². The molecule has 0 radical (unpaired) electrons. The number of hydrogen-bond donors (Lipinski definition) is 2. The molecule has 3 rings (SSSR count). The lowest BCUT2D eigenvalue weighted by molar-refractivity contribution is 0.0940. The molecule has 1 heterocycles. The molecule has 0 saturated heterocycles. The fraction of sp³-hybridized carbons (Fsp3) is 0.158. The fourth-order valence-electron chi connectivity index (χ4n) is 2.38. The quantitative estimate of drug-likeness (QED) is 0.712. The molecule has 2 amide bonds. The lowest BCUT2D eigenvalue weighted by atomic mass is 10.1. The summed E-state index contributed by atoms with van der Waals surface area (Å²) in [5.74, 6) is -0.416. The molecular formula is C19H19N5O2. The van der Waals surface area contributed by atoms with Crippen LogP contribution in [0.15, 0.2) is 60.8 Å². The van der Waals surface area contributed by atoms with E-state index in [0.717, 1.165) is 11.3 Å². The van der Waals surface area contributed by atoms with E-state index in [0.29, 0.717) is 18.7 Å². The Bertz CT molecular complexity index is 888. The second-order valence-corrected chi connectivity index (χ2v) is 5.62. The zero-order valence-corrected chi connectivity index (χ0v) is 14.3. The summed E-state index contributed by atoms with van der Waals surface area (Å²) < 4.78 is 1.55. The van der Waals surface area contributed by atoms with Crippen LogP contribution in [-0.4, -0.2) is 33.4 Å². The Balaban J connectivity index is 1.59. The highest BCUT2D eigenvalue weighted by atomic mass is 16.2. The van der Waals surface area contributed by atoms with Crippen molar-refractivity contribution in [2.24, 2.45) is 0 Å². The van der Waals surface area contributed by atoms with Crippen molar-refractivity contribution < 1.29 is 9.59 Å². The molecule has 0 aliphatic heterocycles. The van der Waals surface area contributed by atoms with Crippen molar-refractivity contribution in [3.63, 3.8) is 0 Å². The molecule has 132 valence electrons. The number of aromatic nitrogens is 3. The van der Waals surface area contributed by atoms with Crippen LogP contribution < -0.4 is 10.6 Å². The Hall–Kier alpha value is -3.48. The van der Waals surface area contributed by atoms with Gasteiger partial charge in [-0.25, -0.2) is 4.68 Å². The van der Waals surface area contributed by atoms with Crippen molar-refractivity contribution in [1.29, 1.82) is 0 Å². The minimum Gasteiger partial charge on any atom is -0.352 e. The van der Waals surface area contributed by atoms with E-state index in [1.165, 1.54) is 0 Å². The first kappa shape index (κ1) is 17.3. The molecule has 0 aliphatic rings. The lowest BCUT2D eigenvalue weighted by Crippen LogP contribution is -2.24. The fourth-order valence-corrected chi connectivity index (χ4v) is 2.38. The Morgan fingerprint density at radius 2 is 1.69 bits per heavy atom. The van der Waals surface area contributed by atoms with Gasteiger partial charge in [-0.2, -0.15) is 0 Å². The number of hydrogen-bond acceptors (Lipinski definition) is 4. The number of rotatable bonds is 6. The van der Waals surface area contributed by atoms with Gasteiger partial charge in [0.2, 0.25) is 0 Å². The van der Waals surface area contributed by atoms with E-state index in [-0.39, 0.29) is 17.5 Å². The maximum Gasteiger partial charge on any atom is 0.273 e. The second-order valence-electron chi connectivity index (χ2n) is 5.62. The second kappa shape index (κ2) is 8.06. The average Bonchev–Trinajstić information content (AvgIpc) is 3.18. The summed E-state index contributed by atoms with van der Waals surface area (Å²) in [6.45, 7) is 2.79. The van der Waals surface area contributed by atoms with Crippen LogP contribution in [0.1, 0.15) is 33.3 Å². The van der Waals surface area contributed by atoms with Gasteiger partial charge in [0.15, 0.2) is 5.69 Å². The van der Waals surface area contributed by atoms with Crippen molar-refractivity contribution in [2.45, 2.75) is 13.5 Å². The summed E-state index contributed by atoms with van der Waals surface area (Å²) >= 11 is 0. The molecule has 3 aromatic rings. The van der Waals surface area contributed by atoms with E-state index in [2.05, 4.69) is 20.9 Å². The van der Waals surface area contributed by atoms with Gasteiger partial charge in [0.05, 0.1) is 11.9 Å². The third kappa shape index (κ3) is 4.13. The standard InChI is InChI=1S/C19H19N5O2/c1-2-20-18(25)15-10-8-14(9-11-15)12-21-19(26)17-13-24(23-22-17)16-6-4-3-5-7-16/h3-11,13H,2,12H2,1H3,(H,20,25)(H,21,26). The van der Waals surface area contributed by atoms with E-state index in [1.54, 1.807) is 23.0 Å². The first-order chi connectivity index (χ1) is 12.7. The largest absolute Gasteiger partial charge is 0.352 e. The van der Waals surface area contributed by atoms with Crippen LogP contribution in [0.2, 0.25) is 0 Å². The molecule has 1 aromatic heterocycles. The van der Waals surface area contributed by atoms with Crippen LogP contribution in [0, 0.1) is 0 Å². The molecule has 2 aromatic carbocycles. The predicted octanol–water partition coefficient (Wildman–Crippen LogP) is 1.95. The highest BCUT2D eigenvalue weighted by molar-refractivity contribution is 5.94. The number of nitrogens with zero attached hydrogens (tertiary/aromatic N) is 3. The zero-order chi connectivity index (χ0) is 18.4. The highest BCUT2D eigenvalue weighted by Gasteiger charge is 2.11. The lowest BCUT2D eigenvalue weighted by Gasteiger charge is -2.05. The number of carbonyl (C=O) groups is 2. The van der Waals surface area contributed by atoms with Crippen molar-refractivity contribution in [3.8, 4) is 5.69 Å². The zero-order valence-electron chi connectivity index (χ0n) is 14.3. The molecule has 0 bridgehead atoms. The molecular weight excluding hydrogens is 330 g/mol. The third-order valence-corrected chi connectivity index (χ3v) is 3.75. The van der Waals surface area contributed by atoms with Crippen LogP contribution >= 0.6 is 0 Å². The van der Waals surface area contributed by atoms with Crippen LogP contribution in [-0.2, 0) is 6.54 Å². The molecule has 0 aliphatic carbocycles. The smallest absolute Gasteiger partial charge is 0.273 e. The van der Waals surface area contributed by atoms with E-state index in [9.17, 15) is 9.59 Å². The summed E-state index contributed by atoms with van der Waals surface area (Å²) in [7, 11) is 0. The first-order valence-electron chi connectivity index (χ1n) is 8.30. The monoisotopic (exact) mass is 349 g/mol. The number of benzene rings is 2. The SMILES string of the molecule is CCNC(=O)c1ccc(CNC(=O)c2cn(-c3ccccc3)nn2)cc1. The predicted molar refractivity (Wildman–Crippen MR) is 97.0 cm³/mol. The van der Waals surface area contributed by atoms with Crippen LogP contribution in [0.4, 0.5) is 0 Å². The summed E-state index contributed by atoms with van der Waals surface area (Å²) in [5.41, 5.74) is 2.56. The minimum absolute atomic E-state index is 0.111. The average molecular weight is 349 g/mol. The maximum atomic E-state index is 12.2. The Morgan fingerprint density at radius 3 is 2.38 bits per heavy atom. The van der Waals surface area contributed by atoms with E-state index < -0.39 is 0 Å². The molecule has 0 spiro atoms. The van der Waals surface area contributed by atoms with Gasteiger partial charge in [0.1, 0.15) is 0 Å². The summed E-state index contributed by atoms with van der Waals surface area (Å²) in [6, 6.07) is 16.5. The van der Waals surface area contributed by atoms with Gasteiger partial charge in [0, 0.05) is 18.7 Å². The molecule has 7 nitrogen and oxygen atoms in total. The minimum atomic E-state index is -0.306. The Kier molecular flexibility index (Phi) is 5.38. The van der Waals surface area contributed by atoms with Crippen LogP contribution in [0.3, 0.4) is 0 Å². The molecule has 2 N–H and O–H groups in total. The first-order valence-corrected chi connectivity index (χ1v) is 8.30. The molecule has 0 saturated carbocycles. The van der Waals surface area contributed by atoms with Gasteiger partial charge in [-0.1, -0.05) is 35.5 Å². The Morgan fingerprint density at radius 1 is 0.962 bits per heavy atom. The number of para-hydroxylation sites is 1. The van der Waals surface area contributed by atoms with Crippen molar-refractivity contribution in [2.75, 3.05) is 6.54 Å². The summed E-state index contributed by atoms with van der Waals surface area (Å²) in [6.07, 6.45) is 1.59. The summed E-state index contributed by atoms with van der Waals surface area (Å²) in [5, 5.41) is 13.4. The highest BCUT2D eigenvalue weighted by Crippen LogP contribution is 2.07. The van der Waals surface area contributed by atoms with Crippen molar-refractivity contribution in [3.05, 3.63) is 77.6 Å². The van der Waals surface area contributed by atoms with E-state index >= 15 is 0 Å². The van der Waals surface area contributed by atoms with Crippen molar-refractivity contribution >= 4 is 11.8 Å². The number of nitrogens with one attached hydrogen (secondary N) is 2. The maximum absolute atomic E-state index is 12.2. The van der Waals surface area contributed by atoms with Gasteiger partial charge in [0.25, 0.3) is 11.8 Å². The Labute approximate surface area is 151 Å². The van der Waals surface area contributed by atoms with Crippen LogP contribution in [0.5, 0.6) is 0 Å². The molecule has 0 unspecified atom stereocenters. The number of amides is 2. The van der Waals surface area contributed by atoms with E-state index in [1.807, 2.05) is 49.4 Å². The van der Waals surface area contributed by atoms with Gasteiger partial charge >= 0.3 is 0 Å². The van der Waals surface area contributed by atoms with Gasteiger partial charge < -0.3 is 10.6 Å². The molecule has 26 heavy (non-hydrogen) atoms. The number of carbonyl (C=O) groups excluding carboxylic acids is 2. The van der Waals surface area contributed by atoms with Gasteiger partial charge in [-0.3, -0.25) is 9.59 Å². The third-order valence-electron chi connectivity index (χ3n) is 3.75. The molecule has 0 fully saturated rings. The summed E-state index contributed by atoms with van der Waals surface area (Å²) in [4.78, 5) is 24.0. The van der Waals surface area contributed by atoms with E-state index in [4.69, 9.17) is 0 Å². The van der Waals surface area contributed by atoms with Crippen LogP contribution in [0.25, 0.3) is 5.69 Å². The van der Waals surface area contributed by atoms with Gasteiger partial charge in [-0.15, -0.1) is 5.10 Å². The topological polar surface area (TPSA) is 88.9 Å². The molecule has 0 atom stereocenters.